The molecule has 0 heterocycles. The molecule has 0 saturated carbocycles. The third-order valence-corrected chi connectivity index (χ3v) is 3.07. The fourth-order valence-corrected chi connectivity index (χ4v) is 2.05. The van der Waals surface area contributed by atoms with Gasteiger partial charge in [0.1, 0.15) is 12.4 Å². The number of hydrogen-bond donors (Lipinski definition) is 0. The first kappa shape index (κ1) is 15.1. The highest BCUT2D eigenvalue weighted by atomic mass is 16.6. The number of esters is 1. The van der Waals surface area contributed by atoms with Gasteiger partial charge in [-0.05, 0) is 49.6 Å². The number of aryl methyl sites for hydroxylation is 3. The summed E-state index contributed by atoms with van der Waals surface area (Å²) in [6.45, 7) is 6.21. The molecule has 2 aromatic rings. The van der Waals surface area contributed by atoms with Gasteiger partial charge in [0.25, 0.3) is 0 Å². The molecule has 3 heteroatoms. The molecule has 21 heavy (non-hydrogen) atoms. The van der Waals surface area contributed by atoms with Crippen molar-refractivity contribution >= 4 is 5.97 Å². The molecule has 2 aromatic carbocycles. The minimum atomic E-state index is -0.366. The first-order valence-electron chi connectivity index (χ1n) is 6.95. The molecule has 3 nitrogen and oxygen atoms in total. The lowest BCUT2D eigenvalue weighted by Crippen LogP contribution is -2.14. The monoisotopic (exact) mass is 284 g/mol. The highest BCUT2D eigenvalue weighted by Crippen LogP contribution is 2.16. The lowest BCUT2D eigenvalue weighted by atomic mass is 10.1. The minimum Gasteiger partial charge on any atom is -0.482 e. The Morgan fingerprint density at radius 2 is 1.52 bits per heavy atom. The van der Waals surface area contributed by atoms with Crippen molar-refractivity contribution in [1.29, 1.82) is 0 Å². The maximum atomic E-state index is 11.7. The van der Waals surface area contributed by atoms with Crippen LogP contribution >= 0.6 is 0 Å². The van der Waals surface area contributed by atoms with E-state index in [4.69, 9.17) is 9.47 Å². The molecule has 0 unspecified atom stereocenters. The summed E-state index contributed by atoms with van der Waals surface area (Å²) >= 11 is 0. The number of carbonyl (C=O) groups is 1. The van der Waals surface area contributed by atoms with Gasteiger partial charge in [-0.3, -0.25) is 0 Å². The molecule has 0 aromatic heterocycles. The molecular formula is C18H20O3. The van der Waals surface area contributed by atoms with E-state index in [9.17, 15) is 4.79 Å². The molecule has 0 spiro atoms. The van der Waals surface area contributed by atoms with Gasteiger partial charge in [-0.25, -0.2) is 4.79 Å². The van der Waals surface area contributed by atoms with Crippen LogP contribution in [0.25, 0.3) is 0 Å². The highest BCUT2D eigenvalue weighted by molar-refractivity contribution is 5.71. The molecule has 0 N–H and O–H groups in total. The van der Waals surface area contributed by atoms with Crippen molar-refractivity contribution in [3.63, 3.8) is 0 Å². The summed E-state index contributed by atoms with van der Waals surface area (Å²) < 4.78 is 10.6. The molecule has 0 fully saturated rings. The van der Waals surface area contributed by atoms with E-state index in [1.165, 1.54) is 5.56 Å². The molecular weight excluding hydrogens is 264 g/mol. The van der Waals surface area contributed by atoms with Crippen LogP contribution in [0.5, 0.6) is 5.75 Å². The van der Waals surface area contributed by atoms with Crippen LogP contribution in [0.1, 0.15) is 22.3 Å². The van der Waals surface area contributed by atoms with E-state index < -0.39 is 0 Å². The average molecular weight is 284 g/mol. The first-order valence-corrected chi connectivity index (χ1v) is 6.95. The zero-order valence-electron chi connectivity index (χ0n) is 12.7. The van der Waals surface area contributed by atoms with E-state index in [-0.39, 0.29) is 19.2 Å². The fraction of sp³-hybridized carbons (Fsp3) is 0.278. The van der Waals surface area contributed by atoms with Gasteiger partial charge in [-0.15, -0.1) is 0 Å². The number of rotatable bonds is 5. The second-order valence-corrected chi connectivity index (χ2v) is 5.26. The van der Waals surface area contributed by atoms with E-state index >= 15 is 0 Å². The van der Waals surface area contributed by atoms with Crippen LogP contribution in [0, 0.1) is 20.8 Å². The zero-order chi connectivity index (χ0) is 15.2. The summed E-state index contributed by atoms with van der Waals surface area (Å²) in [5.41, 5.74) is 4.37. The number of hydrogen-bond acceptors (Lipinski definition) is 3. The van der Waals surface area contributed by atoms with E-state index in [1.807, 2.05) is 57.2 Å². The van der Waals surface area contributed by atoms with Gasteiger partial charge >= 0.3 is 5.97 Å². The summed E-state index contributed by atoms with van der Waals surface area (Å²) in [6.07, 6.45) is 0. The number of benzene rings is 2. The van der Waals surface area contributed by atoms with Crippen LogP contribution in [0.4, 0.5) is 0 Å². The fourth-order valence-electron chi connectivity index (χ4n) is 2.05. The quantitative estimate of drug-likeness (QED) is 0.785. The standard InChI is InChI=1S/C18H20O3/c1-13-4-6-16(7-5-13)11-21-18(19)12-20-17-9-14(2)8-15(3)10-17/h4-10H,11-12H2,1-3H3. The van der Waals surface area contributed by atoms with Crippen LogP contribution in [-0.4, -0.2) is 12.6 Å². The van der Waals surface area contributed by atoms with Gasteiger partial charge in [0.15, 0.2) is 6.61 Å². The summed E-state index contributed by atoms with van der Waals surface area (Å²) in [5, 5.41) is 0. The molecule has 0 aliphatic heterocycles. The van der Waals surface area contributed by atoms with Crippen molar-refractivity contribution in [2.45, 2.75) is 27.4 Å². The SMILES string of the molecule is Cc1ccc(COC(=O)COc2cc(C)cc(C)c2)cc1. The average Bonchev–Trinajstić information content (AvgIpc) is 2.43. The lowest BCUT2D eigenvalue weighted by molar-refractivity contribution is -0.147. The van der Waals surface area contributed by atoms with Crippen LogP contribution in [-0.2, 0) is 16.1 Å². The van der Waals surface area contributed by atoms with E-state index in [2.05, 4.69) is 6.07 Å². The molecule has 0 radical (unpaired) electrons. The maximum Gasteiger partial charge on any atom is 0.344 e. The molecule has 0 bridgehead atoms. The van der Waals surface area contributed by atoms with Gasteiger partial charge in [-0.1, -0.05) is 35.9 Å². The summed E-state index contributed by atoms with van der Waals surface area (Å²) in [5.74, 6) is 0.328. The lowest BCUT2D eigenvalue weighted by Gasteiger charge is -2.09. The normalized spacial score (nSPS) is 10.2. The largest absolute Gasteiger partial charge is 0.482 e. The van der Waals surface area contributed by atoms with Crippen molar-refractivity contribution < 1.29 is 14.3 Å². The molecule has 0 aliphatic carbocycles. The summed E-state index contributed by atoms with van der Waals surface area (Å²) in [7, 11) is 0. The van der Waals surface area contributed by atoms with Crippen molar-refractivity contribution in [1.82, 2.24) is 0 Å². The predicted molar refractivity (Wildman–Crippen MR) is 82.4 cm³/mol. The Balaban J connectivity index is 1.80. The third-order valence-electron chi connectivity index (χ3n) is 3.07. The molecule has 0 atom stereocenters. The zero-order valence-corrected chi connectivity index (χ0v) is 12.7. The van der Waals surface area contributed by atoms with Crippen molar-refractivity contribution in [3.05, 3.63) is 64.7 Å². The molecule has 0 saturated heterocycles. The second-order valence-electron chi connectivity index (χ2n) is 5.26. The van der Waals surface area contributed by atoms with Gasteiger partial charge < -0.3 is 9.47 Å². The Bertz CT molecular complexity index is 595. The summed E-state index contributed by atoms with van der Waals surface area (Å²) in [4.78, 5) is 11.7. The smallest absolute Gasteiger partial charge is 0.344 e. The second kappa shape index (κ2) is 6.93. The Labute approximate surface area is 125 Å². The Morgan fingerprint density at radius 3 is 2.14 bits per heavy atom. The van der Waals surface area contributed by atoms with E-state index in [0.29, 0.717) is 5.75 Å². The minimum absolute atomic E-state index is 0.0746. The van der Waals surface area contributed by atoms with Gasteiger partial charge in [0, 0.05) is 0 Å². The van der Waals surface area contributed by atoms with E-state index in [0.717, 1.165) is 16.7 Å². The van der Waals surface area contributed by atoms with Crippen molar-refractivity contribution in [3.8, 4) is 5.75 Å². The van der Waals surface area contributed by atoms with Gasteiger partial charge in [0.05, 0.1) is 0 Å². The van der Waals surface area contributed by atoms with Crippen LogP contribution in [0.2, 0.25) is 0 Å². The third kappa shape index (κ3) is 4.95. The highest BCUT2D eigenvalue weighted by Gasteiger charge is 2.05. The van der Waals surface area contributed by atoms with Crippen molar-refractivity contribution in [2.75, 3.05) is 6.61 Å². The van der Waals surface area contributed by atoms with Gasteiger partial charge in [-0.2, -0.15) is 0 Å². The maximum absolute atomic E-state index is 11.7. The Morgan fingerprint density at radius 1 is 0.905 bits per heavy atom. The van der Waals surface area contributed by atoms with Crippen LogP contribution in [0.15, 0.2) is 42.5 Å². The molecule has 2 rings (SSSR count). The Hall–Kier alpha value is -2.29. The Kier molecular flexibility index (Phi) is 4.99. The number of ether oxygens (including phenoxy) is 2. The van der Waals surface area contributed by atoms with Gasteiger partial charge in [0.2, 0.25) is 0 Å². The molecule has 0 amide bonds. The van der Waals surface area contributed by atoms with Crippen LogP contribution < -0.4 is 4.74 Å². The number of carbonyl (C=O) groups excluding carboxylic acids is 1. The van der Waals surface area contributed by atoms with Crippen molar-refractivity contribution in [2.24, 2.45) is 0 Å². The molecule has 0 aliphatic rings. The predicted octanol–water partition coefficient (Wildman–Crippen LogP) is 3.73. The molecule has 110 valence electrons. The first-order chi connectivity index (χ1) is 10.0. The van der Waals surface area contributed by atoms with E-state index in [1.54, 1.807) is 0 Å². The topological polar surface area (TPSA) is 35.5 Å². The van der Waals surface area contributed by atoms with Crippen LogP contribution in [0.3, 0.4) is 0 Å². The summed E-state index contributed by atoms with van der Waals surface area (Å²) in [6, 6.07) is 13.8.